The van der Waals surface area contributed by atoms with Crippen molar-refractivity contribution in [2.24, 2.45) is 0 Å². The Labute approximate surface area is 182 Å². The predicted molar refractivity (Wildman–Crippen MR) is 80.1 cm³/mol. The lowest BCUT2D eigenvalue weighted by Crippen LogP contribution is -2.73. The number of ether oxygens (including phenoxy) is 1. The molecule has 18 heteroatoms. The van der Waals surface area contributed by atoms with Gasteiger partial charge in [-0.15, -0.1) is 0 Å². The third kappa shape index (κ3) is 3.78. The summed E-state index contributed by atoms with van der Waals surface area (Å²) in [6.07, 6.45) is -10.9. The van der Waals surface area contributed by atoms with Crippen LogP contribution < -0.4 is 0 Å². The molecule has 0 bridgehead atoms. The van der Waals surface area contributed by atoms with E-state index >= 15 is 0 Å². The molecule has 3 nitrogen and oxygen atoms in total. The number of carbonyl (C=O) groups is 2. The zero-order valence-electron chi connectivity index (χ0n) is 16.0. The molecule has 1 aliphatic carbocycles. The number of rotatable bonds is 7. The largest absolute Gasteiger partial charge is 0.460 e. The van der Waals surface area contributed by atoms with Crippen LogP contribution in [-0.4, -0.2) is 59.6 Å². The maximum atomic E-state index is 13.8. The van der Waals surface area contributed by atoms with E-state index in [9.17, 15) is 75.4 Å². The van der Waals surface area contributed by atoms with Crippen LogP contribution in [0.1, 0.15) is 15.9 Å². The number of fused-ring (bicyclic) bond motifs is 1. The lowest BCUT2D eigenvalue weighted by molar-refractivity contribution is -0.450. The molecule has 0 aromatic heterocycles. The van der Waals surface area contributed by atoms with Crippen LogP contribution in [0.2, 0.25) is 0 Å². The number of halogens is 15. The van der Waals surface area contributed by atoms with Gasteiger partial charge in [0.1, 0.15) is 0 Å². The molecule has 0 amide bonds. The van der Waals surface area contributed by atoms with Crippen molar-refractivity contribution in [3.05, 3.63) is 35.4 Å². The molecule has 0 fully saturated rings. The van der Waals surface area contributed by atoms with E-state index in [1.165, 1.54) is 12.1 Å². The fourth-order valence-electron chi connectivity index (χ4n) is 2.80. The van der Waals surface area contributed by atoms with Gasteiger partial charge in [-0.3, -0.25) is 4.79 Å². The molecule has 35 heavy (non-hydrogen) atoms. The summed E-state index contributed by atoms with van der Waals surface area (Å²) in [7, 11) is 0. The minimum Gasteiger partial charge on any atom is -0.449 e. The number of esters is 1. The molecule has 0 spiro atoms. The van der Waals surface area contributed by atoms with Gasteiger partial charge in [0.2, 0.25) is 5.78 Å². The van der Waals surface area contributed by atoms with E-state index < -0.39 is 66.0 Å². The van der Waals surface area contributed by atoms with Gasteiger partial charge >= 0.3 is 47.7 Å². The molecule has 1 atom stereocenters. The van der Waals surface area contributed by atoms with Crippen LogP contribution in [0.4, 0.5) is 65.9 Å². The highest BCUT2D eigenvalue weighted by Gasteiger charge is 2.94. The maximum absolute atomic E-state index is 13.8. The van der Waals surface area contributed by atoms with E-state index in [0.717, 1.165) is 12.1 Å². The van der Waals surface area contributed by atoms with Gasteiger partial charge in [-0.1, -0.05) is 24.3 Å². The number of alkyl halides is 15. The Morgan fingerprint density at radius 3 is 1.57 bits per heavy atom. The Balaban J connectivity index is 2.42. The van der Waals surface area contributed by atoms with Crippen LogP contribution in [0, 0.1) is 0 Å². The van der Waals surface area contributed by atoms with Crippen molar-refractivity contribution in [2.75, 3.05) is 0 Å². The first-order valence-electron chi connectivity index (χ1n) is 8.56. The van der Waals surface area contributed by atoms with Crippen LogP contribution in [0.15, 0.2) is 24.3 Å². The van der Waals surface area contributed by atoms with Crippen molar-refractivity contribution >= 4 is 11.8 Å². The van der Waals surface area contributed by atoms with Crippen molar-refractivity contribution in [3.63, 3.8) is 0 Å². The summed E-state index contributed by atoms with van der Waals surface area (Å²) in [6.45, 7) is 0. The van der Waals surface area contributed by atoms with E-state index in [4.69, 9.17) is 0 Å². The highest BCUT2D eigenvalue weighted by molar-refractivity contribution is 6.04. The SMILES string of the molecule is O=C1c2ccccc2CC1OC(=O)C(F)(F)C(F)(F)C(F)(F)C(F)(F)C(F)(F)C(F)(F)C(F)(F)F. The summed E-state index contributed by atoms with van der Waals surface area (Å²) in [4.78, 5) is 23.4. The zero-order valence-corrected chi connectivity index (χ0v) is 16.0. The van der Waals surface area contributed by atoms with E-state index in [-0.39, 0.29) is 11.1 Å². The minimum atomic E-state index is -8.52. The van der Waals surface area contributed by atoms with Crippen LogP contribution in [-0.2, 0) is 16.0 Å². The van der Waals surface area contributed by atoms with Gasteiger partial charge in [-0.2, -0.15) is 65.9 Å². The van der Waals surface area contributed by atoms with Gasteiger partial charge in [-0.25, -0.2) is 4.79 Å². The molecule has 0 heterocycles. The fourth-order valence-corrected chi connectivity index (χ4v) is 2.80. The Bertz CT molecular complexity index is 1010. The highest BCUT2D eigenvalue weighted by atomic mass is 19.4. The molecule has 198 valence electrons. The Morgan fingerprint density at radius 2 is 1.11 bits per heavy atom. The first-order valence-corrected chi connectivity index (χ1v) is 8.56. The second-order valence-corrected chi connectivity index (χ2v) is 7.06. The average Bonchev–Trinajstić information content (AvgIpc) is 3.02. The lowest BCUT2D eigenvalue weighted by Gasteiger charge is -2.40. The second kappa shape index (κ2) is 7.91. The van der Waals surface area contributed by atoms with Crippen LogP contribution in [0.25, 0.3) is 0 Å². The van der Waals surface area contributed by atoms with E-state index in [0.29, 0.717) is 0 Å². The molecule has 0 saturated heterocycles. The van der Waals surface area contributed by atoms with Gasteiger partial charge < -0.3 is 4.74 Å². The normalized spacial score (nSPS) is 18.5. The molecule has 0 radical (unpaired) electrons. The molecule has 2 rings (SSSR count). The van der Waals surface area contributed by atoms with Crippen molar-refractivity contribution in [1.82, 2.24) is 0 Å². The summed E-state index contributed by atoms with van der Waals surface area (Å²) >= 11 is 0. The summed E-state index contributed by atoms with van der Waals surface area (Å²) in [5.74, 6) is -54.0. The number of Topliss-reactive ketones (excluding diaryl/α,β-unsaturated/α-hetero) is 1. The summed E-state index contributed by atoms with van der Waals surface area (Å²) in [5.41, 5.74) is -0.345. The number of hydrogen-bond donors (Lipinski definition) is 0. The molecule has 1 aliphatic rings. The monoisotopic (exact) mass is 544 g/mol. The fraction of sp³-hybridized carbons (Fsp3) is 0.529. The molecule has 0 N–H and O–H groups in total. The summed E-state index contributed by atoms with van der Waals surface area (Å²) in [6, 6.07) is 4.63. The topological polar surface area (TPSA) is 43.4 Å². The molecule has 0 aliphatic heterocycles. The van der Waals surface area contributed by atoms with Gasteiger partial charge in [-0.05, 0) is 5.56 Å². The molecular formula is C17H7F15O3. The first-order chi connectivity index (χ1) is 15.4. The minimum absolute atomic E-state index is 0.0312. The average molecular weight is 544 g/mol. The third-order valence-corrected chi connectivity index (χ3v) is 4.81. The molecule has 1 aromatic carbocycles. The highest BCUT2D eigenvalue weighted by Crippen LogP contribution is 2.62. The van der Waals surface area contributed by atoms with E-state index in [1.54, 1.807) is 0 Å². The second-order valence-electron chi connectivity index (χ2n) is 7.06. The van der Waals surface area contributed by atoms with Crippen LogP contribution >= 0.6 is 0 Å². The van der Waals surface area contributed by atoms with Crippen molar-refractivity contribution < 1.29 is 80.2 Å². The van der Waals surface area contributed by atoms with Gasteiger partial charge in [0, 0.05) is 12.0 Å². The van der Waals surface area contributed by atoms with Crippen molar-refractivity contribution in [3.8, 4) is 0 Å². The third-order valence-electron chi connectivity index (χ3n) is 4.81. The standard InChI is InChI=1S/C17H7F15O3/c18-11(19,10(34)35-8-5-6-3-1-2-4-7(6)9(8)33)12(20,21)13(22,23)14(24,25)15(26,27)16(28,29)17(30,31)32/h1-4,8H,5H2. The molecular weight excluding hydrogens is 537 g/mol. The van der Waals surface area contributed by atoms with E-state index in [2.05, 4.69) is 4.74 Å². The van der Waals surface area contributed by atoms with E-state index in [1.807, 2.05) is 0 Å². The first kappa shape index (κ1) is 28.5. The smallest absolute Gasteiger partial charge is 0.449 e. The lowest BCUT2D eigenvalue weighted by atomic mass is 9.91. The van der Waals surface area contributed by atoms with Gasteiger partial charge in [0.25, 0.3) is 0 Å². The molecule has 1 unspecified atom stereocenters. The maximum Gasteiger partial charge on any atom is 0.460 e. The number of benzene rings is 1. The van der Waals surface area contributed by atoms with Gasteiger partial charge in [0.15, 0.2) is 6.10 Å². The Morgan fingerprint density at radius 1 is 0.686 bits per heavy atom. The number of carbonyl (C=O) groups excluding carboxylic acids is 2. The quantitative estimate of drug-likeness (QED) is 0.327. The number of ketones is 1. The molecule has 1 aromatic rings. The summed E-state index contributed by atoms with van der Waals surface area (Å²) in [5, 5.41) is 0. The zero-order chi connectivity index (χ0) is 27.6. The Hall–Kier alpha value is -2.69. The van der Waals surface area contributed by atoms with Crippen LogP contribution in [0.5, 0.6) is 0 Å². The molecule has 0 saturated carbocycles. The Kier molecular flexibility index (Phi) is 6.45. The van der Waals surface area contributed by atoms with Crippen LogP contribution in [0.3, 0.4) is 0 Å². The van der Waals surface area contributed by atoms with Crippen molar-refractivity contribution in [1.29, 1.82) is 0 Å². The number of hydrogen-bond acceptors (Lipinski definition) is 3. The predicted octanol–water partition coefficient (Wildman–Crippen LogP) is 5.71. The van der Waals surface area contributed by atoms with Gasteiger partial charge in [0.05, 0.1) is 0 Å². The summed E-state index contributed by atoms with van der Waals surface area (Å²) < 4.78 is 201. The van der Waals surface area contributed by atoms with Crippen molar-refractivity contribution in [2.45, 2.75) is 54.2 Å².